The lowest BCUT2D eigenvalue weighted by Crippen LogP contribution is -1.90. The molecule has 62 valence electrons. The van der Waals surface area contributed by atoms with Crippen LogP contribution in [0.3, 0.4) is 0 Å². The average Bonchev–Trinajstić information content (AvgIpc) is 2.49. The Hall–Kier alpha value is -1.28. The summed E-state index contributed by atoms with van der Waals surface area (Å²) in [4.78, 5) is 0. The highest BCUT2D eigenvalue weighted by Crippen LogP contribution is 2.24. The van der Waals surface area contributed by atoms with Crippen molar-refractivity contribution < 1.29 is 9.52 Å². The molecule has 1 heterocycles. The predicted molar refractivity (Wildman–Crippen MR) is 46.8 cm³/mol. The first-order valence-electron chi connectivity index (χ1n) is 3.93. The van der Waals surface area contributed by atoms with Gasteiger partial charge in [-0.1, -0.05) is 12.1 Å². The quantitative estimate of drug-likeness (QED) is 0.698. The van der Waals surface area contributed by atoms with Crippen LogP contribution in [0.2, 0.25) is 0 Å². The molecule has 2 nitrogen and oxygen atoms in total. The number of hydrogen-bond acceptors (Lipinski definition) is 2. The van der Waals surface area contributed by atoms with Crippen LogP contribution in [0.1, 0.15) is 18.6 Å². The maximum Gasteiger partial charge on any atom is 0.134 e. The molecular formula is C10H10O2. The van der Waals surface area contributed by atoms with Crippen molar-refractivity contribution in [2.75, 3.05) is 0 Å². The van der Waals surface area contributed by atoms with Crippen LogP contribution < -0.4 is 0 Å². The SMILES string of the molecule is C[C@@H](O)c1cccc2occc12. The average molecular weight is 162 g/mol. The molecule has 0 radical (unpaired) electrons. The van der Waals surface area contributed by atoms with Crippen LogP contribution in [0.4, 0.5) is 0 Å². The standard InChI is InChI=1S/C10H10O2/c1-7(11)8-3-2-4-10-9(8)5-6-12-10/h2-7,11H,1H3/t7-/m1/s1. The number of furan rings is 1. The highest BCUT2D eigenvalue weighted by molar-refractivity contribution is 5.81. The van der Waals surface area contributed by atoms with Gasteiger partial charge in [-0.2, -0.15) is 0 Å². The van der Waals surface area contributed by atoms with Crippen molar-refractivity contribution in [1.82, 2.24) is 0 Å². The smallest absolute Gasteiger partial charge is 0.134 e. The fraction of sp³-hybridized carbons (Fsp3) is 0.200. The molecule has 0 amide bonds. The Morgan fingerprint density at radius 3 is 2.92 bits per heavy atom. The van der Waals surface area contributed by atoms with Crippen molar-refractivity contribution in [2.24, 2.45) is 0 Å². The van der Waals surface area contributed by atoms with Gasteiger partial charge in [-0.05, 0) is 24.6 Å². The van der Waals surface area contributed by atoms with Crippen LogP contribution in [0.5, 0.6) is 0 Å². The monoisotopic (exact) mass is 162 g/mol. The van der Waals surface area contributed by atoms with Crippen LogP contribution in [-0.2, 0) is 0 Å². The second-order valence-electron chi connectivity index (χ2n) is 2.86. The number of benzene rings is 1. The van der Waals surface area contributed by atoms with Gasteiger partial charge in [0.1, 0.15) is 5.58 Å². The van der Waals surface area contributed by atoms with Gasteiger partial charge in [-0.3, -0.25) is 0 Å². The summed E-state index contributed by atoms with van der Waals surface area (Å²) in [6.45, 7) is 1.75. The fourth-order valence-electron chi connectivity index (χ4n) is 1.38. The van der Waals surface area contributed by atoms with Gasteiger partial charge < -0.3 is 9.52 Å². The zero-order chi connectivity index (χ0) is 8.55. The third kappa shape index (κ3) is 1.01. The Morgan fingerprint density at radius 1 is 1.33 bits per heavy atom. The van der Waals surface area contributed by atoms with E-state index < -0.39 is 6.10 Å². The van der Waals surface area contributed by atoms with Gasteiger partial charge in [0.2, 0.25) is 0 Å². The van der Waals surface area contributed by atoms with E-state index in [1.54, 1.807) is 13.2 Å². The van der Waals surface area contributed by atoms with Crippen molar-refractivity contribution in [1.29, 1.82) is 0 Å². The van der Waals surface area contributed by atoms with E-state index >= 15 is 0 Å². The first kappa shape index (κ1) is 7.37. The first-order chi connectivity index (χ1) is 5.79. The van der Waals surface area contributed by atoms with Crippen molar-refractivity contribution in [3.63, 3.8) is 0 Å². The van der Waals surface area contributed by atoms with Gasteiger partial charge in [0.25, 0.3) is 0 Å². The summed E-state index contributed by atoms with van der Waals surface area (Å²) < 4.78 is 5.20. The molecule has 0 aliphatic carbocycles. The summed E-state index contributed by atoms with van der Waals surface area (Å²) in [5, 5.41) is 10.4. The van der Waals surface area contributed by atoms with Gasteiger partial charge in [0.05, 0.1) is 12.4 Å². The van der Waals surface area contributed by atoms with Gasteiger partial charge in [-0.25, -0.2) is 0 Å². The largest absolute Gasteiger partial charge is 0.464 e. The van der Waals surface area contributed by atoms with E-state index in [-0.39, 0.29) is 0 Å². The highest BCUT2D eigenvalue weighted by atomic mass is 16.3. The second kappa shape index (κ2) is 2.64. The van der Waals surface area contributed by atoms with Crippen LogP contribution in [0.15, 0.2) is 34.9 Å². The van der Waals surface area contributed by atoms with Gasteiger partial charge >= 0.3 is 0 Å². The normalized spacial score (nSPS) is 13.5. The summed E-state index contributed by atoms with van der Waals surface area (Å²) >= 11 is 0. The van der Waals surface area contributed by atoms with Crippen LogP contribution in [0, 0.1) is 0 Å². The first-order valence-corrected chi connectivity index (χ1v) is 3.93. The Kier molecular flexibility index (Phi) is 1.62. The topological polar surface area (TPSA) is 33.4 Å². The lowest BCUT2D eigenvalue weighted by molar-refractivity contribution is 0.201. The summed E-state index contributed by atoms with van der Waals surface area (Å²) in [7, 11) is 0. The molecular weight excluding hydrogens is 152 g/mol. The van der Waals surface area contributed by atoms with Crippen LogP contribution in [-0.4, -0.2) is 5.11 Å². The molecule has 0 fully saturated rings. The number of aliphatic hydroxyl groups excluding tert-OH is 1. The van der Waals surface area contributed by atoms with Crippen LogP contribution in [0.25, 0.3) is 11.0 Å². The molecule has 0 spiro atoms. The van der Waals surface area contributed by atoms with E-state index in [1.165, 1.54) is 0 Å². The van der Waals surface area contributed by atoms with Gasteiger partial charge in [0, 0.05) is 5.39 Å². The van der Waals surface area contributed by atoms with Crippen molar-refractivity contribution >= 4 is 11.0 Å². The molecule has 0 aliphatic rings. The number of fused-ring (bicyclic) bond motifs is 1. The lowest BCUT2D eigenvalue weighted by Gasteiger charge is -2.04. The summed E-state index contributed by atoms with van der Waals surface area (Å²) in [5.41, 5.74) is 1.75. The molecule has 2 rings (SSSR count). The predicted octanol–water partition coefficient (Wildman–Crippen LogP) is 2.49. The molecule has 12 heavy (non-hydrogen) atoms. The molecule has 1 atom stereocenters. The maximum atomic E-state index is 9.40. The second-order valence-corrected chi connectivity index (χ2v) is 2.86. The molecule has 0 saturated heterocycles. The third-order valence-corrected chi connectivity index (χ3v) is 1.98. The van der Waals surface area contributed by atoms with Gasteiger partial charge in [-0.15, -0.1) is 0 Å². The van der Waals surface area contributed by atoms with E-state index in [0.29, 0.717) is 0 Å². The highest BCUT2D eigenvalue weighted by Gasteiger charge is 2.06. The Morgan fingerprint density at radius 2 is 2.17 bits per heavy atom. The molecule has 2 heteroatoms. The zero-order valence-electron chi connectivity index (χ0n) is 6.82. The van der Waals surface area contributed by atoms with Crippen molar-refractivity contribution in [3.05, 3.63) is 36.1 Å². The summed E-state index contributed by atoms with van der Waals surface area (Å²) in [6, 6.07) is 7.55. The minimum absolute atomic E-state index is 0.439. The molecule has 0 aliphatic heterocycles. The number of aliphatic hydroxyl groups is 1. The lowest BCUT2D eigenvalue weighted by atomic mass is 10.1. The van der Waals surface area contributed by atoms with Gasteiger partial charge in [0.15, 0.2) is 0 Å². The summed E-state index contributed by atoms with van der Waals surface area (Å²) in [6.07, 6.45) is 1.20. The molecule has 0 unspecified atom stereocenters. The van der Waals surface area contributed by atoms with Crippen molar-refractivity contribution in [2.45, 2.75) is 13.0 Å². The Balaban J connectivity index is 2.73. The Bertz CT molecular complexity index is 387. The molecule has 1 aromatic heterocycles. The van der Waals surface area contributed by atoms with E-state index in [4.69, 9.17) is 4.42 Å². The van der Waals surface area contributed by atoms with E-state index in [1.807, 2.05) is 24.3 Å². The number of rotatable bonds is 1. The van der Waals surface area contributed by atoms with E-state index in [0.717, 1.165) is 16.5 Å². The molecule has 2 aromatic rings. The van der Waals surface area contributed by atoms with Crippen LogP contribution >= 0.6 is 0 Å². The molecule has 0 saturated carbocycles. The fourth-order valence-corrected chi connectivity index (χ4v) is 1.38. The van der Waals surface area contributed by atoms with E-state index in [9.17, 15) is 5.11 Å². The molecule has 0 bridgehead atoms. The third-order valence-electron chi connectivity index (χ3n) is 1.98. The minimum Gasteiger partial charge on any atom is -0.464 e. The maximum absolute atomic E-state index is 9.40. The Labute approximate surface area is 70.4 Å². The zero-order valence-corrected chi connectivity index (χ0v) is 6.82. The molecule has 1 N–H and O–H groups in total. The summed E-state index contributed by atoms with van der Waals surface area (Å²) in [5.74, 6) is 0. The van der Waals surface area contributed by atoms with E-state index in [2.05, 4.69) is 0 Å². The molecule has 1 aromatic carbocycles. The minimum atomic E-state index is -0.439. The number of hydrogen-bond donors (Lipinski definition) is 1. The van der Waals surface area contributed by atoms with Crippen molar-refractivity contribution in [3.8, 4) is 0 Å².